The van der Waals surface area contributed by atoms with E-state index in [1.165, 1.54) is 5.56 Å². The standard InChI is InChI=1S/C25H29N3O4/c1-18-26-24(27-32-18)17-31-23-6-4-3-5-22(23)25(29)28-15-13-20(14-16-28)8-7-19-9-11-21(30-2)12-10-19/h3-6,9-12,20H,7-8,13-17H2,1-2H3. The predicted molar refractivity (Wildman–Crippen MR) is 120 cm³/mol. The minimum atomic E-state index is 0.0125. The Balaban J connectivity index is 1.29. The first-order valence-corrected chi connectivity index (χ1v) is 11.1. The van der Waals surface area contributed by atoms with Crippen LogP contribution in [0.15, 0.2) is 53.1 Å². The van der Waals surface area contributed by atoms with Crippen molar-refractivity contribution >= 4 is 5.91 Å². The number of para-hydroxylation sites is 1. The second-order valence-corrected chi connectivity index (χ2v) is 8.14. The Morgan fingerprint density at radius 1 is 1.12 bits per heavy atom. The van der Waals surface area contributed by atoms with E-state index in [0.29, 0.717) is 28.9 Å². The third-order valence-electron chi connectivity index (χ3n) is 5.95. The highest BCUT2D eigenvalue weighted by atomic mass is 16.5. The van der Waals surface area contributed by atoms with E-state index in [2.05, 4.69) is 22.3 Å². The van der Waals surface area contributed by atoms with Crippen molar-refractivity contribution in [3.05, 3.63) is 71.4 Å². The maximum absolute atomic E-state index is 13.2. The average Bonchev–Trinajstić information content (AvgIpc) is 3.27. The van der Waals surface area contributed by atoms with E-state index >= 15 is 0 Å². The molecule has 0 saturated carbocycles. The van der Waals surface area contributed by atoms with Crippen LogP contribution in [0.2, 0.25) is 0 Å². The molecule has 1 saturated heterocycles. The maximum atomic E-state index is 13.2. The number of ether oxygens (including phenoxy) is 2. The third-order valence-corrected chi connectivity index (χ3v) is 5.95. The Morgan fingerprint density at radius 3 is 2.56 bits per heavy atom. The molecule has 0 bridgehead atoms. The molecule has 7 nitrogen and oxygen atoms in total. The topological polar surface area (TPSA) is 77.7 Å². The monoisotopic (exact) mass is 435 g/mol. The quantitative estimate of drug-likeness (QED) is 0.520. The molecule has 4 rings (SSSR count). The maximum Gasteiger partial charge on any atom is 0.257 e. The fourth-order valence-electron chi connectivity index (χ4n) is 4.07. The molecule has 32 heavy (non-hydrogen) atoms. The van der Waals surface area contributed by atoms with Gasteiger partial charge < -0.3 is 18.9 Å². The summed E-state index contributed by atoms with van der Waals surface area (Å²) in [5, 5.41) is 3.84. The zero-order chi connectivity index (χ0) is 22.3. The number of hydrogen-bond donors (Lipinski definition) is 0. The smallest absolute Gasteiger partial charge is 0.257 e. The molecule has 1 amide bonds. The molecule has 168 valence electrons. The predicted octanol–water partition coefficient (Wildman–Crippen LogP) is 4.45. The Kier molecular flexibility index (Phi) is 7.04. The lowest BCUT2D eigenvalue weighted by atomic mass is 9.90. The molecule has 1 fully saturated rings. The number of likely N-dealkylation sites (tertiary alicyclic amines) is 1. The van der Waals surface area contributed by atoms with E-state index in [-0.39, 0.29) is 12.5 Å². The first-order valence-electron chi connectivity index (χ1n) is 11.1. The molecule has 2 aromatic carbocycles. The molecule has 0 atom stereocenters. The van der Waals surface area contributed by atoms with Crippen LogP contribution in [0.1, 0.15) is 46.9 Å². The Morgan fingerprint density at radius 2 is 1.88 bits per heavy atom. The molecule has 0 aliphatic carbocycles. The van der Waals surface area contributed by atoms with Gasteiger partial charge in [0.1, 0.15) is 11.5 Å². The van der Waals surface area contributed by atoms with Crippen LogP contribution < -0.4 is 9.47 Å². The first kappa shape index (κ1) is 21.9. The third kappa shape index (κ3) is 5.46. The van der Waals surface area contributed by atoms with E-state index in [1.807, 2.05) is 41.3 Å². The number of aromatic nitrogens is 2. The summed E-state index contributed by atoms with van der Waals surface area (Å²) in [4.78, 5) is 19.2. The summed E-state index contributed by atoms with van der Waals surface area (Å²) in [6.07, 6.45) is 4.23. The molecular weight excluding hydrogens is 406 g/mol. The van der Waals surface area contributed by atoms with Gasteiger partial charge in [0.05, 0.1) is 12.7 Å². The highest BCUT2D eigenvalue weighted by molar-refractivity contribution is 5.97. The molecule has 2 heterocycles. The Hall–Kier alpha value is -3.35. The van der Waals surface area contributed by atoms with Gasteiger partial charge in [-0.1, -0.05) is 29.4 Å². The van der Waals surface area contributed by atoms with Gasteiger partial charge in [0, 0.05) is 20.0 Å². The number of nitrogens with zero attached hydrogens (tertiary/aromatic N) is 3. The molecule has 7 heteroatoms. The van der Waals surface area contributed by atoms with Crippen LogP contribution in [0, 0.1) is 12.8 Å². The molecule has 0 spiro atoms. The number of amides is 1. The van der Waals surface area contributed by atoms with Gasteiger partial charge in [-0.2, -0.15) is 4.98 Å². The normalized spacial score (nSPS) is 14.4. The van der Waals surface area contributed by atoms with Crippen LogP contribution in [0.25, 0.3) is 0 Å². The SMILES string of the molecule is COc1ccc(CCC2CCN(C(=O)c3ccccc3OCc3noc(C)n3)CC2)cc1. The molecule has 0 unspecified atom stereocenters. The van der Waals surface area contributed by atoms with Crippen LogP contribution in [-0.2, 0) is 13.0 Å². The zero-order valence-electron chi connectivity index (χ0n) is 18.6. The van der Waals surface area contributed by atoms with Crippen molar-refractivity contribution in [3.63, 3.8) is 0 Å². The fourth-order valence-corrected chi connectivity index (χ4v) is 4.07. The van der Waals surface area contributed by atoms with Crippen LogP contribution in [0.5, 0.6) is 11.5 Å². The van der Waals surface area contributed by atoms with E-state index < -0.39 is 0 Å². The molecular formula is C25H29N3O4. The van der Waals surface area contributed by atoms with Crippen molar-refractivity contribution in [3.8, 4) is 11.5 Å². The number of rotatable bonds is 8. The molecule has 0 N–H and O–H groups in total. The fraction of sp³-hybridized carbons (Fsp3) is 0.400. The van der Waals surface area contributed by atoms with Crippen LogP contribution in [0.4, 0.5) is 0 Å². The highest BCUT2D eigenvalue weighted by Crippen LogP contribution is 2.27. The lowest BCUT2D eigenvalue weighted by Gasteiger charge is -2.32. The summed E-state index contributed by atoms with van der Waals surface area (Å²) >= 11 is 0. The molecule has 0 radical (unpaired) electrons. The lowest BCUT2D eigenvalue weighted by Crippen LogP contribution is -2.38. The van der Waals surface area contributed by atoms with Crippen molar-refractivity contribution in [2.45, 2.75) is 39.2 Å². The van der Waals surface area contributed by atoms with Crippen molar-refractivity contribution in [1.82, 2.24) is 15.0 Å². The van der Waals surface area contributed by atoms with Crippen molar-refractivity contribution in [1.29, 1.82) is 0 Å². The highest BCUT2D eigenvalue weighted by Gasteiger charge is 2.25. The number of aryl methyl sites for hydroxylation is 2. The first-order chi connectivity index (χ1) is 15.6. The van der Waals surface area contributed by atoms with E-state index in [1.54, 1.807) is 14.0 Å². The summed E-state index contributed by atoms with van der Waals surface area (Å²) in [5.41, 5.74) is 1.90. The van der Waals surface area contributed by atoms with Gasteiger partial charge in [-0.25, -0.2) is 0 Å². The van der Waals surface area contributed by atoms with E-state index in [0.717, 1.165) is 44.5 Å². The molecule has 1 aromatic heterocycles. The Bertz CT molecular complexity index is 1020. The number of benzene rings is 2. The summed E-state index contributed by atoms with van der Waals surface area (Å²) in [5.74, 6) is 3.02. The average molecular weight is 436 g/mol. The summed E-state index contributed by atoms with van der Waals surface area (Å²) in [6, 6.07) is 15.6. The summed E-state index contributed by atoms with van der Waals surface area (Å²) < 4.78 is 16.0. The number of carbonyl (C=O) groups excluding carboxylic acids is 1. The summed E-state index contributed by atoms with van der Waals surface area (Å²) in [7, 11) is 1.68. The number of hydrogen-bond acceptors (Lipinski definition) is 6. The van der Waals surface area contributed by atoms with Gasteiger partial charge >= 0.3 is 0 Å². The van der Waals surface area contributed by atoms with E-state index in [4.69, 9.17) is 14.0 Å². The number of carbonyl (C=O) groups is 1. The van der Waals surface area contributed by atoms with Gasteiger partial charge in [0.2, 0.25) is 11.7 Å². The largest absolute Gasteiger partial charge is 0.497 e. The minimum absolute atomic E-state index is 0.0125. The van der Waals surface area contributed by atoms with Gasteiger partial charge in [-0.3, -0.25) is 4.79 Å². The van der Waals surface area contributed by atoms with Gasteiger partial charge in [-0.15, -0.1) is 0 Å². The van der Waals surface area contributed by atoms with Crippen molar-refractivity contribution in [2.24, 2.45) is 5.92 Å². The molecule has 1 aliphatic heterocycles. The van der Waals surface area contributed by atoms with Gasteiger partial charge in [0.25, 0.3) is 5.91 Å². The lowest BCUT2D eigenvalue weighted by molar-refractivity contribution is 0.0682. The number of piperidine rings is 1. The van der Waals surface area contributed by atoms with Gasteiger partial charge in [-0.05, 0) is 61.4 Å². The number of methoxy groups -OCH3 is 1. The minimum Gasteiger partial charge on any atom is -0.497 e. The van der Waals surface area contributed by atoms with Crippen LogP contribution in [-0.4, -0.2) is 41.1 Å². The van der Waals surface area contributed by atoms with Crippen LogP contribution >= 0.6 is 0 Å². The van der Waals surface area contributed by atoms with Crippen molar-refractivity contribution in [2.75, 3.05) is 20.2 Å². The summed E-state index contributed by atoms with van der Waals surface area (Å²) in [6.45, 7) is 3.43. The Labute approximate surface area is 188 Å². The van der Waals surface area contributed by atoms with Gasteiger partial charge in [0.15, 0.2) is 6.61 Å². The molecule has 3 aromatic rings. The molecule has 1 aliphatic rings. The van der Waals surface area contributed by atoms with Crippen LogP contribution in [0.3, 0.4) is 0 Å². The van der Waals surface area contributed by atoms with Crippen molar-refractivity contribution < 1.29 is 18.8 Å². The van der Waals surface area contributed by atoms with E-state index in [9.17, 15) is 4.79 Å². The second-order valence-electron chi connectivity index (χ2n) is 8.14. The second kappa shape index (κ2) is 10.3. The zero-order valence-corrected chi connectivity index (χ0v) is 18.6.